The van der Waals surface area contributed by atoms with Crippen molar-refractivity contribution in [3.8, 4) is 23.0 Å². The molecule has 0 radical (unpaired) electrons. The smallest absolute Gasteiger partial charge is 0.415 e. The first-order valence-corrected chi connectivity index (χ1v) is 10.5. The van der Waals surface area contributed by atoms with E-state index < -0.39 is 6.09 Å². The molecule has 3 rings (SSSR count). The van der Waals surface area contributed by atoms with Crippen LogP contribution in [0.5, 0.6) is 23.0 Å². The fourth-order valence-corrected chi connectivity index (χ4v) is 3.22. The lowest BCUT2D eigenvalue weighted by Gasteiger charge is -2.20. The van der Waals surface area contributed by atoms with Crippen molar-refractivity contribution in [2.24, 2.45) is 0 Å². The van der Waals surface area contributed by atoms with E-state index >= 15 is 0 Å². The number of ether oxygens (including phenoxy) is 4. The zero-order chi connectivity index (χ0) is 22.4. The largest absolute Gasteiger partial charge is 0.494 e. The van der Waals surface area contributed by atoms with E-state index in [1.54, 1.807) is 47.4 Å². The Kier molecular flexibility index (Phi) is 7.18. The standard InChI is InChI=1S/C24H27NO6/c1-5-25(6-2)24(27)31-23-16(10-9-11-19(23)29-8-4)14-21-22(26)18-13-12-17(28-7-3)15-20(18)30-21/h9-15H,5-8H2,1-4H3/b21-14-. The Bertz CT molecular complexity index is 994. The van der Waals surface area contributed by atoms with Gasteiger partial charge in [0.05, 0.1) is 18.8 Å². The zero-order valence-electron chi connectivity index (χ0n) is 18.3. The Hall–Kier alpha value is -3.48. The number of fused-ring (bicyclic) bond motifs is 1. The van der Waals surface area contributed by atoms with Crippen LogP contribution in [0.3, 0.4) is 0 Å². The van der Waals surface area contributed by atoms with Crippen LogP contribution in [0.2, 0.25) is 0 Å². The lowest BCUT2D eigenvalue weighted by atomic mass is 10.1. The van der Waals surface area contributed by atoms with Crippen LogP contribution in [0.15, 0.2) is 42.2 Å². The van der Waals surface area contributed by atoms with Crippen molar-refractivity contribution in [1.29, 1.82) is 0 Å². The van der Waals surface area contributed by atoms with E-state index in [9.17, 15) is 9.59 Å². The van der Waals surface area contributed by atoms with Crippen molar-refractivity contribution in [3.63, 3.8) is 0 Å². The predicted molar refractivity (Wildman–Crippen MR) is 117 cm³/mol. The minimum Gasteiger partial charge on any atom is -0.494 e. The summed E-state index contributed by atoms with van der Waals surface area (Å²) >= 11 is 0. The summed E-state index contributed by atoms with van der Waals surface area (Å²) in [4.78, 5) is 27.0. The van der Waals surface area contributed by atoms with E-state index in [4.69, 9.17) is 18.9 Å². The summed E-state index contributed by atoms with van der Waals surface area (Å²) in [5, 5.41) is 0. The van der Waals surface area contributed by atoms with E-state index in [-0.39, 0.29) is 17.3 Å². The van der Waals surface area contributed by atoms with Crippen LogP contribution in [0.25, 0.3) is 6.08 Å². The maximum Gasteiger partial charge on any atom is 0.415 e. The summed E-state index contributed by atoms with van der Waals surface area (Å²) in [5.41, 5.74) is 0.963. The number of para-hydroxylation sites is 1. The number of carbonyl (C=O) groups is 2. The Morgan fingerprint density at radius 1 is 1.03 bits per heavy atom. The maximum atomic E-state index is 12.8. The van der Waals surface area contributed by atoms with Gasteiger partial charge in [0.15, 0.2) is 17.3 Å². The van der Waals surface area contributed by atoms with E-state index in [2.05, 4.69) is 0 Å². The number of allylic oxidation sites excluding steroid dienone is 1. The Morgan fingerprint density at radius 3 is 2.45 bits per heavy atom. The summed E-state index contributed by atoms with van der Waals surface area (Å²) in [5.74, 6) is 1.61. The van der Waals surface area contributed by atoms with Gasteiger partial charge >= 0.3 is 6.09 Å². The fraction of sp³-hybridized carbons (Fsp3) is 0.333. The molecule has 0 unspecified atom stereocenters. The van der Waals surface area contributed by atoms with E-state index in [0.29, 0.717) is 54.7 Å². The molecule has 2 aromatic carbocycles. The monoisotopic (exact) mass is 425 g/mol. The lowest BCUT2D eigenvalue weighted by Crippen LogP contribution is -2.33. The molecule has 0 spiro atoms. The molecule has 0 bridgehead atoms. The summed E-state index contributed by atoms with van der Waals surface area (Å²) in [6, 6.07) is 10.3. The lowest BCUT2D eigenvalue weighted by molar-refractivity contribution is 0.101. The molecule has 0 N–H and O–H groups in total. The predicted octanol–water partition coefficient (Wildman–Crippen LogP) is 4.94. The normalized spacial score (nSPS) is 13.5. The third-order valence-electron chi connectivity index (χ3n) is 4.76. The molecule has 0 saturated carbocycles. The summed E-state index contributed by atoms with van der Waals surface area (Å²) in [6.07, 6.45) is 1.08. The summed E-state index contributed by atoms with van der Waals surface area (Å²) < 4.78 is 22.6. The molecule has 2 aromatic rings. The molecule has 1 amide bonds. The summed E-state index contributed by atoms with van der Waals surface area (Å²) in [6.45, 7) is 9.43. The van der Waals surface area contributed by atoms with Gasteiger partial charge < -0.3 is 23.8 Å². The topological polar surface area (TPSA) is 74.3 Å². The SMILES string of the molecule is CCOc1ccc2c(c1)O/C(=C\c1cccc(OCC)c1OC(=O)N(CC)CC)C2=O. The number of hydrogen-bond acceptors (Lipinski definition) is 6. The molecule has 0 atom stereocenters. The number of hydrogen-bond donors (Lipinski definition) is 0. The molecule has 0 fully saturated rings. The van der Waals surface area contributed by atoms with Crippen molar-refractivity contribution < 1.29 is 28.5 Å². The molecule has 0 aromatic heterocycles. The van der Waals surface area contributed by atoms with Crippen molar-refractivity contribution >= 4 is 18.0 Å². The first-order valence-electron chi connectivity index (χ1n) is 10.5. The van der Waals surface area contributed by atoms with Crippen LogP contribution < -0.4 is 18.9 Å². The van der Waals surface area contributed by atoms with Crippen LogP contribution in [-0.4, -0.2) is 43.1 Å². The van der Waals surface area contributed by atoms with Gasteiger partial charge in [0.1, 0.15) is 11.5 Å². The van der Waals surface area contributed by atoms with Crippen molar-refractivity contribution in [1.82, 2.24) is 4.90 Å². The van der Waals surface area contributed by atoms with Gasteiger partial charge in [0, 0.05) is 24.7 Å². The first-order chi connectivity index (χ1) is 15.0. The van der Waals surface area contributed by atoms with Crippen molar-refractivity contribution in [2.45, 2.75) is 27.7 Å². The van der Waals surface area contributed by atoms with E-state index in [1.807, 2.05) is 27.7 Å². The molecule has 1 aliphatic heterocycles. The number of amides is 1. The van der Waals surface area contributed by atoms with E-state index in [0.717, 1.165) is 0 Å². The number of carbonyl (C=O) groups excluding carboxylic acids is 2. The molecule has 0 saturated heterocycles. The fourth-order valence-electron chi connectivity index (χ4n) is 3.22. The Balaban J connectivity index is 1.97. The first kappa shape index (κ1) is 22.2. The van der Waals surface area contributed by atoms with Gasteiger partial charge in [-0.15, -0.1) is 0 Å². The Morgan fingerprint density at radius 2 is 1.77 bits per heavy atom. The second-order valence-electron chi connectivity index (χ2n) is 6.68. The van der Waals surface area contributed by atoms with Crippen molar-refractivity contribution in [2.75, 3.05) is 26.3 Å². The quantitative estimate of drug-likeness (QED) is 0.558. The minimum atomic E-state index is -0.486. The van der Waals surface area contributed by atoms with Gasteiger partial charge in [-0.1, -0.05) is 12.1 Å². The van der Waals surface area contributed by atoms with E-state index in [1.165, 1.54) is 0 Å². The molecule has 31 heavy (non-hydrogen) atoms. The summed E-state index contributed by atoms with van der Waals surface area (Å²) in [7, 11) is 0. The third-order valence-corrected chi connectivity index (χ3v) is 4.76. The Labute approximate surface area is 182 Å². The van der Waals surface area contributed by atoms with Gasteiger partial charge in [-0.2, -0.15) is 0 Å². The molecule has 1 heterocycles. The molecular weight excluding hydrogens is 398 g/mol. The van der Waals surface area contributed by atoms with Gasteiger partial charge in [0.25, 0.3) is 0 Å². The third kappa shape index (κ3) is 4.82. The highest BCUT2D eigenvalue weighted by atomic mass is 16.6. The molecule has 0 aliphatic carbocycles. The second-order valence-corrected chi connectivity index (χ2v) is 6.68. The second kappa shape index (κ2) is 10.0. The highest BCUT2D eigenvalue weighted by Gasteiger charge is 2.29. The highest BCUT2D eigenvalue weighted by molar-refractivity contribution is 6.14. The van der Waals surface area contributed by atoms with Gasteiger partial charge in [-0.05, 0) is 52.0 Å². The molecule has 7 heteroatoms. The average Bonchev–Trinajstić information content (AvgIpc) is 3.06. The van der Waals surface area contributed by atoms with Crippen LogP contribution in [0.4, 0.5) is 4.79 Å². The van der Waals surface area contributed by atoms with Crippen LogP contribution in [0, 0.1) is 0 Å². The van der Waals surface area contributed by atoms with Gasteiger partial charge in [-0.3, -0.25) is 4.79 Å². The van der Waals surface area contributed by atoms with Gasteiger partial charge in [-0.25, -0.2) is 4.79 Å². The minimum absolute atomic E-state index is 0.137. The molecule has 7 nitrogen and oxygen atoms in total. The number of nitrogens with zero attached hydrogens (tertiary/aromatic N) is 1. The van der Waals surface area contributed by atoms with Crippen LogP contribution in [-0.2, 0) is 0 Å². The zero-order valence-corrected chi connectivity index (χ0v) is 18.3. The number of ketones is 1. The molecule has 164 valence electrons. The maximum absolute atomic E-state index is 12.8. The van der Waals surface area contributed by atoms with Crippen LogP contribution in [0.1, 0.15) is 43.6 Å². The number of rotatable bonds is 8. The number of Topliss-reactive ketones (excluding diaryl/α,β-unsaturated/α-hetero) is 1. The average molecular weight is 425 g/mol. The number of benzene rings is 2. The molecular formula is C24H27NO6. The highest BCUT2D eigenvalue weighted by Crippen LogP contribution is 2.38. The molecule has 1 aliphatic rings. The van der Waals surface area contributed by atoms with Crippen LogP contribution >= 0.6 is 0 Å². The van der Waals surface area contributed by atoms with Gasteiger partial charge in [0.2, 0.25) is 5.78 Å². The van der Waals surface area contributed by atoms with Crippen molar-refractivity contribution in [3.05, 3.63) is 53.3 Å².